The maximum atomic E-state index is 11.8. The summed E-state index contributed by atoms with van der Waals surface area (Å²) >= 11 is 2.83. The fourth-order valence-electron chi connectivity index (χ4n) is 1.68. The maximum absolute atomic E-state index is 11.8. The molecule has 5 nitrogen and oxygen atoms in total. The number of rotatable bonds is 6. The summed E-state index contributed by atoms with van der Waals surface area (Å²) in [7, 11) is 0. The third kappa shape index (κ3) is 5.02. The Labute approximate surface area is 132 Å². The number of nitrogens with one attached hydrogen (secondary N) is 1. The number of aromatic nitrogens is 2. The van der Waals surface area contributed by atoms with Gasteiger partial charge >= 0.3 is 0 Å². The van der Waals surface area contributed by atoms with Gasteiger partial charge < -0.3 is 11.1 Å². The van der Waals surface area contributed by atoms with E-state index in [1.807, 2.05) is 24.3 Å². The van der Waals surface area contributed by atoms with Crippen LogP contribution in [0.4, 0.5) is 10.8 Å². The van der Waals surface area contributed by atoms with Gasteiger partial charge in [-0.2, -0.15) is 0 Å². The molecule has 7 heteroatoms. The molecule has 0 fully saturated rings. The predicted molar refractivity (Wildman–Crippen MR) is 88.8 cm³/mol. The molecule has 2 rings (SSSR count). The van der Waals surface area contributed by atoms with Crippen LogP contribution in [0.1, 0.15) is 31.7 Å². The summed E-state index contributed by atoms with van der Waals surface area (Å²) in [5.74, 6) is 1.15. The van der Waals surface area contributed by atoms with Crippen molar-refractivity contribution in [3.8, 4) is 0 Å². The lowest BCUT2D eigenvalue weighted by atomic mass is 10.0. The number of anilines is 2. The molecule has 1 heterocycles. The molecule has 1 aromatic carbocycles. The van der Waals surface area contributed by atoms with E-state index in [2.05, 4.69) is 29.4 Å². The van der Waals surface area contributed by atoms with Crippen LogP contribution in [0.25, 0.3) is 0 Å². The highest BCUT2D eigenvalue weighted by atomic mass is 32.2. The largest absolute Gasteiger partial charge is 0.374 e. The zero-order valence-corrected chi connectivity index (χ0v) is 13.6. The summed E-state index contributed by atoms with van der Waals surface area (Å²) in [5, 5.41) is 11.0. The molecule has 0 radical (unpaired) electrons. The summed E-state index contributed by atoms with van der Waals surface area (Å²) in [4.78, 5) is 11.8. The smallest absolute Gasteiger partial charge is 0.225 e. The first-order chi connectivity index (χ1) is 10.0. The first-order valence-electron chi connectivity index (χ1n) is 6.66. The lowest BCUT2D eigenvalue weighted by Gasteiger charge is -2.08. The van der Waals surface area contributed by atoms with Crippen molar-refractivity contribution in [2.45, 2.75) is 30.5 Å². The van der Waals surface area contributed by atoms with E-state index in [0.29, 0.717) is 23.2 Å². The van der Waals surface area contributed by atoms with Crippen LogP contribution < -0.4 is 11.1 Å². The summed E-state index contributed by atoms with van der Waals surface area (Å²) < 4.78 is 0.793. The van der Waals surface area contributed by atoms with Gasteiger partial charge in [0.2, 0.25) is 11.0 Å². The molecule has 1 aromatic heterocycles. The topological polar surface area (TPSA) is 80.9 Å². The molecule has 0 bridgehead atoms. The Balaban J connectivity index is 1.76. The molecule has 0 unspecified atom stereocenters. The predicted octanol–water partition coefficient (Wildman–Crippen LogP) is 3.36. The van der Waals surface area contributed by atoms with E-state index in [1.165, 1.54) is 28.7 Å². The van der Waals surface area contributed by atoms with Crippen molar-refractivity contribution in [2.24, 2.45) is 0 Å². The fourth-order valence-corrected chi connectivity index (χ4v) is 3.33. The van der Waals surface area contributed by atoms with E-state index in [9.17, 15) is 4.79 Å². The zero-order chi connectivity index (χ0) is 15.2. The normalized spacial score (nSPS) is 10.8. The van der Waals surface area contributed by atoms with Crippen molar-refractivity contribution in [2.75, 3.05) is 16.8 Å². The summed E-state index contributed by atoms with van der Waals surface area (Å²) in [6.07, 6.45) is 0.427. The minimum Gasteiger partial charge on any atom is -0.374 e. The maximum Gasteiger partial charge on any atom is 0.225 e. The molecule has 0 spiro atoms. The summed E-state index contributed by atoms with van der Waals surface area (Å²) in [6.45, 7) is 4.29. The van der Waals surface area contributed by atoms with Crippen LogP contribution in [0.2, 0.25) is 0 Å². The fraction of sp³-hybridized carbons (Fsp3) is 0.357. The second-order valence-electron chi connectivity index (χ2n) is 4.83. The van der Waals surface area contributed by atoms with E-state index >= 15 is 0 Å². The number of hydrogen-bond donors (Lipinski definition) is 2. The Kier molecular flexibility index (Phi) is 5.58. The molecule has 3 N–H and O–H groups in total. The number of thioether (sulfide) groups is 1. The first kappa shape index (κ1) is 15.8. The second kappa shape index (κ2) is 7.42. The molecule has 0 aliphatic rings. The van der Waals surface area contributed by atoms with Crippen LogP contribution in [-0.4, -0.2) is 21.9 Å². The molecule has 0 aliphatic carbocycles. The van der Waals surface area contributed by atoms with Crippen molar-refractivity contribution < 1.29 is 4.79 Å². The van der Waals surface area contributed by atoms with Crippen LogP contribution in [0.3, 0.4) is 0 Å². The van der Waals surface area contributed by atoms with Crippen LogP contribution >= 0.6 is 23.1 Å². The summed E-state index contributed by atoms with van der Waals surface area (Å²) in [6, 6.07) is 7.95. The van der Waals surface area contributed by atoms with Crippen molar-refractivity contribution in [3.05, 3.63) is 29.8 Å². The lowest BCUT2D eigenvalue weighted by Crippen LogP contribution is -2.12. The van der Waals surface area contributed by atoms with Gasteiger partial charge in [0.15, 0.2) is 4.34 Å². The highest BCUT2D eigenvalue weighted by Gasteiger charge is 2.06. The third-order valence-corrected chi connectivity index (χ3v) is 4.73. The van der Waals surface area contributed by atoms with E-state index in [-0.39, 0.29) is 5.91 Å². The monoisotopic (exact) mass is 322 g/mol. The molecular formula is C14H18N4OS2. The molecule has 0 saturated heterocycles. The van der Waals surface area contributed by atoms with E-state index < -0.39 is 0 Å². The van der Waals surface area contributed by atoms with Gasteiger partial charge in [0.1, 0.15) is 0 Å². The zero-order valence-electron chi connectivity index (χ0n) is 12.0. The van der Waals surface area contributed by atoms with E-state index in [0.717, 1.165) is 10.0 Å². The number of nitrogen functional groups attached to an aromatic ring is 1. The van der Waals surface area contributed by atoms with Gasteiger partial charge in [0.05, 0.1) is 0 Å². The Hall–Kier alpha value is -1.60. The van der Waals surface area contributed by atoms with Gasteiger partial charge in [-0.15, -0.1) is 10.2 Å². The van der Waals surface area contributed by atoms with Crippen molar-refractivity contribution in [1.82, 2.24) is 10.2 Å². The minimum absolute atomic E-state index is 0.00251. The molecule has 0 atom stereocenters. The first-order valence-corrected chi connectivity index (χ1v) is 8.46. The van der Waals surface area contributed by atoms with Gasteiger partial charge in [0.25, 0.3) is 0 Å². The molecule has 2 aromatic rings. The average Bonchev–Trinajstić information content (AvgIpc) is 2.85. The number of nitrogens with zero attached hydrogens (tertiary/aromatic N) is 2. The van der Waals surface area contributed by atoms with Gasteiger partial charge in [-0.05, 0) is 23.6 Å². The Morgan fingerprint density at radius 1 is 1.33 bits per heavy atom. The standard InChI is InChI=1S/C14H18N4OS2/c1-9(2)10-3-5-11(6-4-10)16-12(19)7-8-20-14-18-17-13(15)21-14/h3-6,9H,7-8H2,1-2H3,(H2,15,17)(H,16,19). The van der Waals surface area contributed by atoms with Gasteiger partial charge in [-0.25, -0.2) is 0 Å². The van der Waals surface area contributed by atoms with Crippen molar-refractivity contribution >= 4 is 39.8 Å². The van der Waals surface area contributed by atoms with E-state index in [4.69, 9.17) is 5.73 Å². The Bertz CT molecular complexity index is 595. The van der Waals surface area contributed by atoms with Crippen LogP contribution in [0, 0.1) is 0 Å². The molecule has 112 valence electrons. The molecule has 21 heavy (non-hydrogen) atoms. The highest BCUT2D eigenvalue weighted by molar-refractivity contribution is 8.01. The number of hydrogen-bond acceptors (Lipinski definition) is 6. The minimum atomic E-state index is -0.00251. The third-order valence-electron chi connectivity index (χ3n) is 2.84. The SMILES string of the molecule is CC(C)c1ccc(NC(=O)CCSc2nnc(N)s2)cc1. The quantitative estimate of drug-likeness (QED) is 0.797. The van der Waals surface area contributed by atoms with Gasteiger partial charge in [-0.1, -0.05) is 49.1 Å². The second-order valence-corrected chi connectivity index (χ2v) is 7.18. The van der Waals surface area contributed by atoms with Crippen LogP contribution in [-0.2, 0) is 4.79 Å². The number of carbonyl (C=O) groups is 1. The number of carbonyl (C=O) groups excluding carboxylic acids is 1. The Morgan fingerprint density at radius 3 is 2.62 bits per heavy atom. The summed E-state index contributed by atoms with van der Waals surface area (Å²) in [5.41, 5.74) is 7.59. The molecule has 0 saturated carbocycles. The molecular weight excluding hydrogens is 304 g/mol. The highest BCUT2D eigenvalue weighted by Crippen LogP contribution is 2.24. The van der Waals surface area contributed by atoms with Crippen molar-refractivity contribution in [1.29, 1.82) is 0 Å². The number of benzene rings is 1. The van der Waals surface area contributed by atoms with Crippen LogP contribution in [0.5, 0.6) is 0 Å². The van der Waals surface area contributed by atoms with Gasteiger partial charge in [0, 0.05) is 17.9 Å². The Morgan fingerprint density at radius 2 is 2.05 bits per heavy atom. The average molecular weight is 322 g/mol. The lowest BCUT2D eigenvalue weighted by molar-refractivity contribution is -0.115. The van der Waals surface area contributed by atoms with Crippen molar-refractivity contribution in [3.63, 3.8) is 0 Å². The van der Waals surface area contributed by atoms with Gasteiger partial charge in [-0.3, -0.25) is 4.79 Å². The van der Waals surface area contributed by atoms with Crippen LogP contribution in [0.15, 0.2) is 28.6 Å². The van der Waals surface area contributed by atoms with E-state index in [1.54, 1.807) is 0 Å². The molecule has 0 aliphatic heterocycles. The number of amides is 1. The molecule has 1 amide bonds. The number of nitrogens with two attached hydrogens (primary N) is 1.